The molecule has 160 valence electrons. The first-order valence-corrected chi connectivity index (χ1v) is 12.5. The number of thioether (sulfide) groups is 1. The first-order chi connectivity index (χ1) is 15.5. The molecular formula is C23H18N4O2S3. The smallest absolute Gasteiger partial charge is 0.260 e. The number of rotatable bonds is 5. The zero-order chi connectivity index (χ0) is 22.2. The number of benzene rings is 2. The van der Waals surface area contributed by atoms with E-state index in [-0.39, 0.29) is 17.2 Å². The number of amides is 1. The number of thiophene rings is 1. The monoisotopic (exact) mass is 478 g/mol. The van der Waals surface area contributed by atoms with E-state index < -0.39 is 0 Å². The third-order valence-electron chi connectivity index (χ3n) is 4.91. The van der Waals surface area contributed by atoms with Gasteiger partial charge in [-0.25, -0.2) is 9.97 Å². The first kappa shape index (κ1) is 20.9. The van der Waals surface area contributed by atoms with Crippen LogP contribution in [0.1, 0.15) is 10.4 Å². The van der Waals surface area contributed by atoms with E-state index in [1.165, 1.54) is 34.4 Å². The maximum atomic E-state index is 12.9. The third-order valence-corrected chi connectivity index (χ3v) is 7.73. The number of anilines is 1. The summed E-state index contributed by atoms with van der Waals surface area (Å²) >= 11 is 4.13. The molecule has 0 fully saturated rings. The van der Waals surface area contributed by atoms with Gasteiger partial charge in [0.2, 0.25) is 5.91 Å². The standard InChI is InChI=1S/C23H18N4O2S3/c1-12-8-9-16-15(10-12)24-23(32-16)25-17(28)11-30-22-26-20(29)19-18(13(2)31-21(19)27-22)14-6-4-3-5-7-14/h3-10H,11H2,1-2H3,(H,24,25,28)(H,26,27,29). The van der Waals surface area contributed by atoms with E-state index in [1.54, 1.807) is 0 Å². The Morgan fingerprint density at radius 1 is 1.09 bits per heavy atom. The van der Waals surface area contributed by atoms with Gasteiger partial charge in [0, 0.05) is 10.4 Å². The van der Waals surface area contributed by atoms with E-state index in [1.807, 2.05) is 62.4 Å². The molecule has 0 saturated carbocycles. The summed E-state index contributed by atoms with van der Waals surface area (Å²) in [6.07, 6.45) is 0. The highest BCUT2D eigenvalue weighted by atomic mass is 32.2. The van der Waals surface area contributed by atoms with Gasteiger partial charge < -0.3 is 10.3 Å². The topological polar surface area (TPSA) is 87.7 Å². The molecule has 0 radical (unpaired) electrons. The highest BCUT2D eigenvalue weighted by molar-refractivity contribution is 7.99. The van der Waals surface area contributed by atoms with Gasteiger partial charge in [0.05, 0.1) is 21.4 Å². The Bertz CT molecular complexity index is 1520. The third kappa shape index (κ3) is 4.06. The maximum Gasteiger partial charge on any atom is 0.260 e. The zero-order valence-corrected chi connectivity index (χ0v) is 19.7. The first-order valence-electron chi connectivity index (χ1n) is 9.86. The Labute approximate surface area is 195 Å². The molecule has 6 nitrogen and oxygen atoms in total. The van der Waals surface area contributed by atoms with Crippen LogP contribution < -0.4 is 10.9 Å². The fourth-order valence-electron chi connectivity index (χ4n) is 3.50. The second-order valence-electron chi connectivity index (χ2n) is 7.28. The molecule has 32 heavy (non-hydrogen) atoms. The summed E-state index contributed by atoms with van der Waals surface area (Å²) in [7, 11) is 0. The second-order valence-corrected chi connectivity index (χ2v) is 10.5. The Hall–Kier alpha value is -3.01. The van der Waals surface area contributed by atoms with Gasteiger partial charge in [-0.3, -0.25) is 9.59 Å². The summed E-state index contributed by atoms with van der Waals surface area (Å²) in [5, 5.41) is 4.43. The van der Waals surface area contributed by atoms with Crippen LogP contribution in [0.15, 0.2) is 58.5 Å². The van der Waals surface area contributed by atoms with Gasteiger partial charge in [-0.05, 0) is 37.1 Å². The molecule has 0 unspecified atom stereocenters. The van der Waals surface area contributed by atoms with E-state index in [4.69, 9.17) is 0 Å². The minimum atomic E-state index is -0.194. The molecule has 2 aromatic carbocycles. The van der Waals surface area contributed by atoms with Crippen molar-refractivity contribution in [3.63, 3.8) is 0 Å². The van der Waals surface area contributed by atoms with Crippen molar-refractivity contribution in [2.75, 3.05) is 11.1 Å². The average molecular weight is 479 g/mol. The van der Waals surface area contributed by atoms with Gasteiger partial charge >= 0.3 is 0 Å². The molecule has 0 aliphatic heterocycles. The normalized spacial score (nSPS) is 11.3. The molecule has 3 aromatic heterocycles. The fourth-order valence-corrected chi connectivity index (χ4v) is 6.13. The Morgan fingerprint density at radius 3 is 2.72 bits per heavy atom. The van der Waals surface area contributed by atoms with Gasteiger partial charge in [-0.2, -0.15) is 0 Å². The van der Waals surface area contributed by atoms with Crippen molar-refractivity contribution in [2.45, 2.75) is 19.0 Å². The summed E-state index contributed by atoms with van der Waals surface area (Å²) in [5.41, 5.74) is 3.72. The lowest BCUT2D eigenvalue weighted by Crippen LogP contribution is -2.15. The molecule has 0 atom stereocenters. The molecule has 0 bridgehead atoms. The van der Waals surface area contributed by atoms with Crippen molar-refractivity contribution >= 4 is 65.9 Å². The van der Waals surface area contributed by atoms with Crippen molar-refractivity contribution < 1.29 is 4.79 Å². The molecule has 9 heteroatoms. The van der Waals surface area contributed by atoms with Crippen molar-refractivity contribution in [1.29, 1.82) is 0 Å². The summed E-state index contributed by atoms with van der Waals surface area (Å²) in [5.74, 6) is -0.0693. The van der Waals surface area contributed by atoms with Crippen LogP contribution in [-0.2, 0) is 4.79 Å². The Kier molecular flexibility index (Phi) is 5.54. The number of nitrogens with zero attached hydrogens (tertiary/aromatic N) is 2. The second kappa shape index (κ2) is 8.50. The number of aromatic nitrogens is 3. The van der Waals surface area contributed by atoms with Crippen molar-refractivity contribution in [2.24, 2.45) is 0 Å². The van der Waals surface area contributed by atoms with E-state index in [2.05, 4.69) is 20.3 Å². The van der Waals surface area contributed by atoms with Crippen LogP contribution in [-0.4, -0.2) is 26.6 Å². The maximum absolute atomic E-state index is 12.9. The van der Waals surface area contributed by atoms with Crippen LogP contribution in [0.3, 0.4) is 0 Å². The molecule has 0 saturated heterocycles. The SMILES string of the molecule is Cc1ccc2sc(NC(=O)CSc3nc4sc(C)c(-c5ccccc5)c4c(=O)[nH]3)nc2c1. The number of thiazole rings is 1. The van der Waals surface area contributed by atoms with Crippen LogP contribution in [0.5, 0.6) is 0 Å². The molecule has 1 amide bonds. The number of hydrogen-bond donors (Lipinski definition) is 2. The molecule has 5 aromatic rings. The van der Waals surface area contributed by atoms with E-state index >= 15 is 0 Å². The van der Waals surface area contributed by atoms with Gasteiger partial charge in [0.1, 0.15) is 4.83 Å². The van der Waals surface area contributed by atoms with Crippen LogP contribution in [0.2, 0.25) is 0 Å². The van der Waals surface area contributed by atoms with Gasteiger partial charge in [0.25, 0.3) is 5.56 Å². The Morgan fingerprint density at radius 2 is 1.91 bits per heavy atom. The molecule has 0 aliphatic rings. The van der Waals surface area contributed by atoms with Gasteiger partial charge in [0.15, 0.2) is 10.3 Å². The van der Waals surface area contributed by atoms with E-state index in [0.29, 0.717) is 20.5 Å². The minimum Gasteiger partial charge on any atom is -0.301 e. The highest BCUT2D eigenvalue weighted by Crippen LogP contribution is 2.36. The van der Waals surface area contributed by atoms with Gasteiger partial charge in [-0.15, -0.1) is 11.3 Å². The van der Waals surface area contributed by atoms with Crippen LogP contribution in [0, 0.1) is 13.8 Å². The Balaban J connectivity index is 1.34. The number of fused-ring (bicyclic) bond motifs is 2. The number of nitrogens with one attached hydrogen (secondary N) is 2. The van der Waals surface area contributed by atoms with Gasteiger partial charge in [-0.1, -0.05) is 59.5 Å². The minimum absolute atomic E-state index is 0.124. The van der Waals surface area contributed by atoms with Crippen LogP contribution in [0.4, 0.5) is 5.13 Å². The largest absolute Gasteiger partial charge is 0.301 e. The molecule has 0 spiro atoms. The molecule has 0 aliphatic carbocycles. The highest BCUT2D eigenvalue weighted by Gasteiger charge is 2.17. The summed E-state index contributed by atoms with van der Waals surface area (Å²) in [6.45, 7) is 4.00. The lowest BCUT2D eigenvalue weighted by Gasteiger charge is -2.03. The number of aryl methyl sites for hydroxylation is 2. The quantitative estimate of drug-likeness (QED) is 0.253. The predicted octanol–water partition coefficient (Wildman–Crippen LogP) is 5.61. The summed E-state index contributed by atoms with van der Waals surface area (Å²) < 4.78 is 1.03. The lowest BCUT2D eigenvalue weighted by atomic mass is 10.0. The number of carbonyl (C=O) groups excluding carboxylic acids is 1. The van der Waals surface area contributed by atoms with E-state index in [0.717, 1.165) is 31.8 Å². The summed E-state index contributed by atoms with van der Waals surface area (Å²) in [6, 6.07) is 15.9. The molecular weight excluding hydrogens is 460 g/mol. The molecule has 2 N–H and O–H groups in total. The van der Waals surface area contributed by atoms with Crippen LogP contribution >= 0.6 is 34.4 Å². The fraction of sp³-hybridized carbons (Fsp3) is 0.130. The molecule has 5 rings (SSSR count). The number of aromatic amines is 1. The molecule has 3 heterocycles. The average Bonchev–Trinajstić information content (AvgIpc) is 3.32. The van der Waals surface area contributed by atoms with E-state index in [9.17, 15) is 9.59 Å². The van der Waals surface area contributed by atoms with Crippen molar-refractivity contribution in [1.82, 2.24) is 15.0 Å². The van der Waals surface area contributed by atoms with Crippen molar-refractivity contribution in [3.8, 4) is 11.1 Å². The summed E-state index contributed by atoms with van der Waals surface area (Å²) in [4.78, 5) is 38.9. The predicted molar refractivity (Wildman–Crippen MR) is 134 cm³/mol. The number of hydrogen-bond acceptors (Lipinski definition) is 7. The zero-order valence-electron chi connectivity index (χ0n) is 17.3. The number of carbonyl (C=O) groups is 1. The lowest BCUT2D eigenvalue weighted by molar-refractivity contribution is -0.113. The number of H-pyrrole nitrogens is 1. The van der Waals surface area contributed by atoms with Crippen LogP contribution in [0.25, 0.3) is 31.6 Å². The van der Waals surface area contributed by atoms with Crippen molar-refractivity contribution in [3.05, 3.63) is 69.3 Å².